The van der Waals surface area contributed by atoms with Gasteiger partial charge in [0.25, 0.3) is 5.56 Å². The number of aromatic nitrogens is 2. The van der Waals surface area contributed by atoms with E-state index in [-0.39, 0.29) is 23.0 Å². The topological polar surface area (TPSA) is 111 Å². The molecule has 0 saturated carbocycles. The molecule has 0 radical (unpaired) electrons. The summed E-state index contributed by atoms with van der Waals surface area (Å²) in [6, 6.07) is 3.91. The molecule has 8 heteroatoms. The van der Waals surface area contributed by atoms with Crippen molar-refractivity contribution in [3.63, 3.8) is 0 Å². The fraction of sp³-hybridized carbons (Fsp3) is 0.308. The maximum absolute atomic E-state index is 12.3. The normalized spacial score (nSPS) is 11.2. The Morgan fingerprint density at radius 2 is 2.00 bits per heavy atom. The van der Waals surface area contributed by atoms with E-state index >= 15 is 0 Å². The van der Waals surface area contributed by atoms with E-state index in [1.165, 1.54) is 32.4 Å². The maximum atomic E-state index is 12.3. The summed E-state index contributed by atoms with van der Waals surface area (Å²) in [5.74, 6) is -1.14. The molecule has 112 valence electrons. The van der Waals surface area contributed by atoms with E-state index in [9.17, 15) is 14.4 Å². The monoisotopic (exact) mass is 294 g/mol. The van der Waals surface area contributed by atoms with E-state index in [2.05, 4.69) is 4.98 Å². The highest BCUT2D eigenvalue weighted by molar-refractivity contribution is 5.92. The minimum atomic E-state index is -1.14. The van der Waals surface area contributed by atoms with Crippen LogP contribution in [0.25, 0.3) is 10.9 Å². The van der Waals surface area contributed by atoms with Gasteiger partial charge in [-0.2, -0.15) is 0 Å². The molecule has 0 spiro atoms. The summed E-state index contributed by atoms with van der Waals surface area (Å²) in [5.41, 5.74) is -1.03. The van der Waals surface area contributed by atoms with Crippen LogP contribution in [0.5, 0.6) is 0 Å². The third kappa shape index (κ3) is 2.86. The second-order valence-electron chi connectivity index (χ2n) is 4.31. The van der Waals surface area contributed by atoms with Gasteiger partial charge in [-0.1, -0.05) is 0 Å². The van der Waals surface area contributed by atoms with Gasteiger partial charge < -0.3 is 19.6 Å². The van der Waals surface area contributed by atoms with Crippen LogP contribution in [0, 0.1) is 0 Å². The average molecular weight is 294 g/mol. The first kappa shape index (κ1) is 14.9. The first-order valence-electron chi connectivity index (χ1n) is 6.03. The number of rotatable bonds is 5. The number of methoxy groups -OCH3 is 2. The van der Waals surface area contributed by atoms with Crippen molar-refractivity contribution in [1.29, 1.82) is 0 Å². The van der Waals surface area contributed by atoms with Gasteiger partial charge in [-0.3, -0.25) is 9.36 Å². The largest absolute Gasteiger partial charge is 0.478 e. The lowest BCUT2D eigenvalue weighted by Crippen LogP contribution is -2.39. The van der Waals surface area contributed by atoms with Crippen molar-refractivity contribution in [3.05, 3.63) is 44.6 Å². The van der Waals surface area contributed by atoms with Crippen LogP contribution < -0.4 is 11.2 Å². The third-order valence-electron chi connectivity index (χ3n) is 3.09. The Morgan fingerprint density at radius 3 is 2.57 bits per heavy atom. The number of carboxylic acid groups (broad SMARTS) is 1. The lowest BCUT2D eigenvalue weighted by Gasteiger charge is -2.14. The van der Waals surface area contributed by atoms with E-state index in [4.69, 9.17) is 14.6 Å². The van der Waals surface area contributed by atoms with Crippen molar-refractivity contribution in [1.82, 2.24) is 9.55 Å². The molecular formula is C13H14N2O6. The average Bonchev–Trinajstić information content (AvgIpc) is 2.46. The Balaban J connectivity index is 2.60. The number of hydrogen-bond donors (Lipinski definition) is 2. The highest BCUT2D eigenvalue weighted by Crippen LogP contribution is 2.09. The van der Waals surface area contributed by atoms with Gasteiger partial charge in [-0.05, 0) is 18.2 Å². The van der Waals surface area contributed by atoms with Crippen molar-refractivity contribution in [3.8, 4) is 0 Å². The number of ether oxygens (including phenoxy) is 2. The Morgan fingerprint density at radius 1 is 1.33 bits per heavy atom. The summed E-state index contributed by atoms with van der Waals surface area (Å²) in [6.07, 6.45) is -0.737. The van der Waals surface area contributed by atoms with E-state index in [1.54, 1.807) is 0 Å². The molecule has 0 atom stereocenters. The Bertz CT molecular complexity index is 787. The van der Waals surface area contributed by atoms with E-state index < -0.39 is 23.5 Å². The minimum absolute atomic E-state index is 0.0121. The molecule has 2 N–H and O–H groups in total. The third-order valence-corrected chi connectivity index (χ3v) is 3.09. The lowest BCUT2D eigenvalue weighted by atomic mass is 10.1. The number of nitrogens with one attached hydrogen (secondary N) is 1. The van der Waals surface area contributed by atoms with Gasteiger partial charge in [0.2, 0.25) is 0 Å². The Labute approximate surface area is 118 Å². The van der Waals surface area contributed by atoms with Gasteiger partial charge in [-0.25, -0.2) is 9.59 Å². The van der Waals surface area contributed by atoms with Crippen LogP contribution in [0.15, 0.2) is 27.8 Å². The van der Waals surface area contributed by atoms with Crippen molar-refractivity contribution in [2.45, 2.75) is 12.8 Å². The molecule has 0 unspecified atom stereocenters. The molecule has 8 nitrogen and oxygen atoms in total. The van der Waals surface area contributed by atoms with Crippen LogP contribution in [0.1, 0.15) is 10.4 Å². The number of hydrogen-bond acceptors (Lipinski definition) is 5. The van der Waals surface area contributed by atoms with Crippen LogP contribution in [-0.2, 0) is 16.0 Å². The van der Waals surface area contributed by atoms with E-state index in [0.717, 1.165) is 4.57 Å². The SMILES string of the molecule is COC(Cn1c(=O)[nH]c2cc(C(=O)O)ccc2c1=O)OC. The zero-order chi connectivity index (χ0) is 15.6. The van der Waals surface area contributed by atoms with E-state index in [0.29, 0.717) is 0 Å². The van der Waals surface area contributed by atoms with Gasteiger partial charge in [0.1, 0.15) is 0 Å². The van der Waals surface area contributed by atoms with Crippen molar-refractivity contribution >= 4 is 16.9 Å². The fourth-order valence-electron chi connectivity index (χ4n) is 1.95. The number of carbonyl (C=O) groups is 1. The van der Waals surface area contributed by atoms with Crippen molar-refractivity contribution < 1.29 is 19.4 Å². The molecule has 0 amide bonds. The minimum Gasteiger partial charge on any atom is -0.478 e. The zero-order valence-corrected chi connectivity index (χ0v) is 11.5. The Kier molecular flexibility index (Phi) is 4.20. The number of fused-ring (bicyclic) bond motifs is 1. The predicted octanol–water partition coefficient (Wildman–Crippen LogP) is 0.00690. The molecule has 0 bridgehead atoms. The number of benzene rings is 1. The highest BCUT2D eigenvalue weighted by Gasteiger charge is 2.14. The zero-order valence-electron chi connectivity index (χ0n) is 11.5. The number of nitrogens with zero attached hydrogens (tertiary/aromatic N) is 1. The van der Waals surface area contributed by atoms with Gasteiger partial charge in [0.15, 0.2) is 6.29 Å². The molecule has 1 aromatic carbocycles. The van der Waals surface area contributed by atoms with E-state index in [1.807, 2.05) is 0 Å². The van der Waals surface area contributed by atoms with Crippen LogP contribution in [-0.4, -0.2) is 41.1 Å². The summed E-state index contributed by atoms with van der Waals surface area (Å²) in [6.45, 7) is -0.0716. The predicted molar refractivity (Wildman–Crippen MR) is 73.6 cm³/mol. The molecule has 21 heavy (non-hydrogen) atoms. The first-order chi connectivity index (χ1) is 9.97. The fourth-order valence-corrected chi connectivity index (χ4v) is 1.95. The molecule has 1 heterocycles. The van der Waals surface area contributed by atoms with Gasteiger partial charge in [-0.15, -0.1) is 0 Å². The van der Waals surface area contributed by atoms with Gasteiger partial charge in [0.05, 0.1) is 23.0 Å². The molecule has 0 aliphatic heterocycles. The quantitative estimate of drug-likeness (QED) is 0.751. The summed E-state index contributed by atoms with van der Waals surface area (Å²) >= 11 is 0. The highest BCUT2D eigenvalue weighted by atomic mass is 16.7. The second kappa shape index (κ2) is 5.90. The van der Waals surface area contributed by atoms with Crippen LogP contribution in [0.4, 0.5) is 0 Å². The summed E-state index contributed by atoms with van der Waals surface area (Å²) in [4.78, 5) is 37.6. The second-order valence-corrected chi connectivity index (χ2v) is 4.31. The number of aromatic carboxylic acids is 1. The van der Waals surface area contributed by atoms with Gasteiger partial charge >= 0.3 is 11.7 Å². The molecule has 0 aliphatic rings. The molecule has 0 aliphatic carbocycles. The summed E-state index contributed by atoms with van der Waals surface area (Å²) in [5, 5.41) is 9.13. The van der Waals surface area contributed by atoms with Crippen molar-refractivity contribution in [2.24, 2.45) is 0 Å². The number of aromatic amines is 1. The smallest absolute Gasteiger partial charge is 0.335 e. The van der Waals surface area contributed by atoms with Crippen LogP contribution >= 0.6 is 0 Å². The van der Waals surface area contributed by atoms with Gasteiger partial charge in [0, 0.05) is 14.2 Å². The molecule has 0 fully saturated rings. The van der Waals surface area contributed by atoms with Crippen LogP contribution in [0.2, 0.25) is 0 Å². The molecule has 0 saturated heterocycles. The molecule has 2 aromatic rings. The standard InChI is InChI=1S/C13H14N2O6/c1-20-10(21-2)6-15-11(16)8-4-3-7(12(17)18)5-9(8)14-13(15)19/h3-5,10H,6H2,1-2H3,(H,14,19)(H,17,18). The number of carboxylic acids is 1. The summed E-state index contributed by atoms with van der Waals surface area (Å²) < 4.78 is 10.9. The number of H-pyrrole nitrogens is 1. The van der Waals surface area contributed by atoms with Crippen LogP contribution in [0.3, 0.4) is 0 Å². The molecule has 2 rings (SSSR count). The first-order valence-corrected chi connectivity index (χ1v) is 6.03. The van der Waals surface area contributed by atoms with Crippen molar-refractivity contribution in [2.75, 3.05) is 14.2 Å². The molecule has 1 aromatic heterocycles. The lowest BCUT2D eigenvalue weighted by molar-refractivity contribution is -0.111. The maximum Gasteiger partial charge on any atom is 0.335 e. The summed E-state index contributed by atoms with van der Waals surface area (Å²) in [7, 11) is 2.79. The molecular weight excluding hydrogens is 280 g/mol. The Hall–Kier alpha value is -2.45.